The van der Waals surface area contributed by atoms with E-state index in [0.29, 0.717) is 37.1 Å². The van der Waals surface area contributed by atoms with Gasteiger partial charge < -0.3 is 4.90 Å². The highest BCUT2D eigenvalue weighted by Crippen LogP contribution is 2.31. The minimum absolute atomic E-state index is 0.0886. The summed E-state index contributed by atoms with van der Waals surface area (Å²) in [5.74, 6) is 1.86. The van der Waals surface area contributed by atoms with Gasteiger partial charge in [-0.15, -0.1) is 0 Å². The van der Waals surface area contributed by atoms with E-state index in [1.165, 1.54) is 6.26 Å². The molecule has 4 nitrogen and oxygen atoms in total. The maximum Gasteiger partial charge on any atom is 0.148 e. The van der Waals surface area contributed by atoms with Gasteiger partial charge in [-0.25, -0.2) is 8.42 Å². The zero-order valence-corrected chi connectivity index (χ0v) is 13.4. The largest absolute Gasteiger partial charge is 0.305 e. The third-order valence-corrected chi connectivity index (χ3v) is 5.05. The van der Waals surface area contributed by atoms with Gasteiger partial charge in [0, 0.05) is 31.7 Å². The molecule has 2 unspecified atom stereocenters. The summed E-state index contributed by atoms with van der Waals surface area (Å²) in [5, 5.41) is 0. The maximum absolute atomic E-state index is 12.0. The molecule has 0 heterocycles. The first-order chi connectivity index (χ1) is 8.69. The van der Waals surface area contributed by atoms with Crippen LogP contribution in [-0.2, 0) is 14.6 Å². The number of ketones is 1. The molecule has 0 amide bonds. The molecule has 1 aliphatic carbocycles. The number of carbonyl (C=O) groups excluding carboxylic acids is 1. The molecule has 0 saturated heterocycles. The summed E-state index contributed by atoms with van der Waals surface area (Å²) in [5.41, 5.74) is 0. The summed E-state index contributed by atoms with van der Waals surface area (Å²) >= 11 is 0. The van der Waals surface area contributed by atoms with Crippen LogP contribution in [0.15, 0.2) is 0 Å². The minimum Gasteiger partial charge on any atom is -0.305 e. The third kappa shape index (κ3) is 6.04. The van der Waals surface area contributed by atoms with Crippen LogP contribution in [0.4, 0.5) is 0 Å². The Morgan fingerprint density at radius 1 is 1.37 bits per heavy atom. The molecular formula is C14H27NO3S. The van der Waals surface area contributed by atoms with Gasteiger partial charge in [0.2, 0.25) is 0 Å². The van der Waals surface area contributed by atoms with Crippen molar-refractivity contribution in [3.05, 3.63) is 0 Å². The van der Waals surface area contributed by atoms with Crippen LogP contribution in [0.2, 0.25) is 0 Å². The molecule has 1 saturated carbocycles. The van der Waals surface area contributed by atoms with Crippen LogP contribution in [0, 0.1) is 17.8 Å². The second-order valence-electron chi connectivity index (χ2n) is 6.33. The van der Waals surface area contributed by atoms with Crippen molar-refractivity contribution in [1.82, 2.24) is 4.90 Å². The Labute approximate surface area is 117 Å². The van der Waals surface area contributed by atoms with Gasteiger partial charge >= 0.3 is 0 Å². The van der Waals surface area contributed by atoms with Gasteiger partial charge in [0.15, 0.2) is 0 Å². The molecule has 0 N–H and O–H groups in total. The van der Waals surface area contributed by atoms with Crippen molar-refractivity contribution in [3.8, 4) is 0 Å². The Balaban J connectivity index is 2.47. The summed E-state index contributed by atoms with van der Waals surface area (Å²) < 4.78 is 22.3. The van der Waals surface area contributed by atoms with Crippen LogP contribution in [0.1, 0.15) is 33.1 Å². The lowest BCUT2D eigenvalue weighted by Crippen LogP contribution is -2.37. The predicted molar refractivity (Wildman–Crippen MR) is 77.9 cm³/mol. The quantitative estimate of drug-likeness (QED) is 0.745. The van der Waals surface area contributed by atoms with Gasteiger partial charge in [-0.05, 0) is 31.7 Å². The van der Waals surface area contributed by atoms with Crippen molar-refractivity contribution in [2.24, 2.45) is 17.8 Å². The van der Waals surface area contributed by atoms with E-state index in [0.717, 1.165) is 12.8 Å². The fourth-order valence-corrected chi connectivity index (χ4v) is 3.36. The number of Topliss-reactive ketones (excluding diaryl/α,β-unsaturated/α-hetero) is 1. The Morgan fingerprint density at radius 3 is 2.53 bits per heavy atom. The summed E-state index contributed by atoms with van der Waals surface area (Å²) in [7, 11) is -1.02. The van der Waals surface area contributed by atoms with Crippen LogP contribution in [0.5, 0.6) is 0 Å². The smallest absolute Gasteiger partial charge is 0.148 e. The van der Waals surface area contributed by atoms with Crippen molar-refractivity contribution >= 4 is 15.6 Å². The molecule has 2 atom stereocenters. The second-order valence-corrected chi connectivity index (χ2v) is 8.59. The number of rotatable bonds is 6. The number of sulfone groups is 1. The lowest BCUT2D eigenvalue weighted by Gasteiger charge is -2.32. The molecule has 1 fully saturated rings. The summed E-state index contributed by atoms with van der Waals surface area (Å²) in [4.78, 5) is 13.9. The first kappa shape index (κ1) is 16.6. The molecule has 0 aromatic carbocycles. The number of carbonyl (C=O) groups is 1. The SMILES string of the molecule is CC(C)C1CCC(=O)C(CN(C)CCS(C)(=O)=O)C1. The molecule has 1 aliphatic rings. The number of hydrogen-bond acceptors (Lipinski definition) is 4. The van der Waals surface area contributed by atoms with Crippen LogP contribution < -0.4 is 0 Å². The average Bonchev–Trinajstić information content (AvgIpc) is 2.28. The summed E-state index contributed by atoms with van der Waals surface area (Å²) in [6, 6.07) is 0. The molecule has 0 aliphatic heterocycles. The van der Waals surface area contributed by atoms with Crippen LogP contribution in [0.3, 0.4) is 0 Å². The predicted octanol–water partition coefficient (Wildman–Crippen LogP) is 1.60. The van der Waals surface area contributed by atoms with Gasteiger partial charge in [-0.1, -0.05) is 13.8 Å². The lowest BCUT2D eigenvalue weighted by molar-refractivity contribution is -0.126. The van der Waals surface area contributed by atoms with E-state index in [1.54, 1.807) is 0 Å². The van der Waals surface area contributed by atoms with E-state index >= 15 is 0 Å². The molecule has 0 aromatic rings. The van der Waals surface area contributed by atoms with Gasteiger partial charge in [-0.2, -0.15) is 0 Å². The van der Waals surface area contributed by atoms with Crippen molar-refractivity contribution in [2.45, 2.75) is 33.1 Å². The van der Waals surface area contributed by atoms with E-state index in [-0.39, 0.29) is 11.7 Å². The van der Waals surface area contributed by atoms with E-state index < -0.39 is 9.84 Å². The Bertz CT molecular complexity index is 403. The zero-order chi connectivity index (χ0) is 14.6. The standard InChI is InChI=1S/C14H27NO3S/c1-11(2)12-5-6-14(16)13(9-12)10-15(3)7-8-19(4,17)18/h11-13H,5-10H2,1-4H3. The van der Waals surface area contributed by atoms with Crippen LogP contribution in [0.25, 0.3) is 0 Å². The van der Waals surface area contributed by atoms with E-state index in [4.69, 9.17) is 0 Å². The zero-order valence-electron chi connectivity index (χ0n) is 12.6. The number of nitrogens with zero attached hydrogens (tertiary/aromatic N) is 1. The molecule has 0 bridgehead atoms. The van der Waals surface area contributed by atoms with Gasteiger partial charge in [0.1, 0.15) is 15.6 Å². The van der Waals surface area contributed by atoms with E-state index in [1.807, 2.05) is 11.9 Å². The van der Waals surface area contributed by atoms with Gasteiger partial charge in [-0.3, -0.25) is 4.79 Å². The fourth-order valence-electron chi connectivity index (χ4n) is 2.72. The molecule has 5 heteroatoms. The monoisotopic (exact) mass is 289 g/mol. The molecule has 0 spiro atoms. The molecular weight excluding hydrogens is 262 g/mol. The molecule has 19 heavy (non-hydrogen) atoms. The van der Waals surface area contributed by atoms with Gasteiger partial charge in [0.05, 0.1) is 5.75 Å². The Morgan fingerprint density at radius 2 is 2.00 bits per heavy atom. The summed E-state index contributed by atoms with van der Waals surface area (Å²) in [6.45, 7) is 5.63. The minimum atomic E-state index is -2.92. The highest BCUT2D eigenvalue weighted by molar-refractivity contribution is 7.90. The highest BCUT2D eigenvalue weighted by atomic mass is 32.2. The second kappa shape index (κ2) is 6.84. The normalized spacial score (nSPS) is 25.3. The topological polar surface area (TPSA) is 54.5 Å². The molecule has 0 aromatic heterocycles. The van der Waals surface area contributed by atoms with E-state index in [9.17, 15) is 13.2 Å². The third-order valence-electron chi connectivity index (χ3n) is 4.12. The highest BCUT2D eigenvalue weighted by Gasteiger charge is 2.30. The summed E-state index contributed by atoms with van der Waals surface area (Å²) in [6.07, 6.45) is 3.91. The van der Waals surface area contributed by atoms with Crippen LogP contribution >= 0.6 is 0 Å². The first-order valence-electron chi connectivity index (χ1n) is 7.08. The van der Waals surface area contributed by atoms with Crippen molar-refractivity contribution < 1.29 is 13.2 Å². The fraction of sp³-hybridized carbons (Fsp3) is 0.929. The Kier molecular flexibility index (Phi) is 5.99. The van der Waals surface area contributed by atoms with Crippen molar-refractivity contribution in [1.29, 1.82) is 0 Å². The molecule has 112 valence electrons. The van der Waals surface area contributed by atoms with E-state index in [2.05, 4.69) is 13.8 Å². The average molecular weight is 289 g/mol. The molecule has 0 radical (unpaired) electrons. The first-order valence-corrected chi connectivity index (χ1v) is 9.14. The Hall–Kier alpha value is -0.420. The van der Waals surface area contributed by atoms with Crippen molar-refractivity contribution in [2.75, 3.05) is 32.1 Å². The van der Waals surface area contributed by atoms with Crippen LogP contribution in [-0.4, -0.2) is 51.2 Å². The van der Waals surface area contributed by atoms with Crippen molar-refractivity contribution in [3.63, 3.8) is 0 Å². The van der Waals surface area contributed by atoms with Gasteiger partial charge in [0.25, 0.3) is 0 Å². The number of hydrogen-bond donors (Lipinski definition) is 0. The molecule has 1 rings (SSSR count). The maximum atomic E-state index is 12.0. The lowest BCUT2D eigenvalue weighted by atomic mass is 9.75.